The van der Waals surface area contributed by atoms with Gasteiger partial charge in [0.2, 0.25) is 0 Å². The van der Waals surface area contributed by atoms with Gasteiger partial charge in [0.05, 0.1) is 13.2 Å². The summed E-state index contributed by atoms with van der Waals surface area (Å²) in [6, 6.07) is 15.5. The second kappa shape index (κ2) is 8.67. The Morgan fingerprint density at radius 1 is 1.09 bits per heavy atom. The van der Waals surface area contributed by atoms with E-state index >= 15 is 0 Å². The average molecular weight is 490 g/mol. The number of aromatic nitrogens is 2. The summed E-state index contributed by atoms with van der Waals surface area (Å²) in [6.45, 7) is 4.07. The standard InChI is InChI=1S/C27H24ClN3O4/c1-14-10-15(2)22(20(33)11-14)24-23-25(30-29-24)27(34)31(13-17-6-4-5-7-18(17)28)26(23)16-8-9-19(32)21(12-16)35-3/h4-12,26,32-33H,13H2,1-3H3,(H,29,30). The fraction of sp³-hybridized carbons (Fsp3) is 0.185. The third-order valence-corrected chi connectivity index (χ3v) is 6.75. The number of hydrogen-bond acceptors (Lipinski definition) is 5. The lowest BCUT2D eigenvalue weighted by Gasteiger charge is -2.27. The van der Waals surface area contributed by atoms with E-state index in [-0.39, 0.29) is 24.0 Å². The number of hydrogen-bond donors (Lipinski definition) is 3. The minimum Gasteiger partial charge on any atom is -0.507 e. The van der Waals surface area contributed by atoms with Crippen LogP contribution in [0.3, 0.4) is 0 Å². The van der Waals surface area contributed by atoms with Crippen molar-refractivity contribution in [3.8, 4) is 28.5 Å². The van der Waals surface area contributed by atoms with Crippen molar-refractivity contribution >= 4 is 17.5 Å². The highest BCUT2D eigenvalue weighted by atomic mass is 35.5. The first-order chi connectivity index (χ1) is 16.8. The number of phenols is 2. The highest BCUT2D eigenvalue weighted by molar-refractivity contribution is 6.31. The van der Waals surface area contributed by atoms with E-state index in [0.29, 0.717) is 33.3 Å². The predicted octanol–water partition coefficient (Wildman–Crippen LogP) is 5.51. The normalized spacial score (nSPS) is 14.9. The van der Waals surface area contributed by atoms with Crippen molar-refractivity contribution in [2.45, 2.75) is 26.4 Å². The van der Waals surface area contributed by atoms with Gasteiger partial charge in [-0.3, -0.25) is 9.89 Å². The molecule has 0 fully saturated rings. The fourth-order valence-electron chi connectivity index (χ4n) is 4.82. The van der Waals surface area contributed by atoms with Gasteiger partial charge in [-0.25, -0.2) is 0 Å². The minimum atomic E-state index is -0.558. The molecule has 5 rings (SSSR count). The Balaban J connectivity index is 1.72. The Bertz CT molecular complexity index is 1440. The lowest BCUT2D eigenvalue weighted by molar-refractivity contribution is 0.0730. The molecule has 8 heteroatoms. The van der Waals surface area contributed by atoms with Gasteiger partial charge in [-0.2, -0.15) is 5.10 Å². The number of carbonyl (C=O) groups excluding carboxylic acids is 1. The largest absolute Gasteiger partial charge is 0.507 e. The van der Waals surface area contributed by atoms with Crippen LogP contribution in [0.15, 0.2) is 54.6 Å². The summed E-state index contributed by atoms with van der Waals surface area (Å²) in [5.74, 6) is 0.147. The van der Waals surface area contributed by atoms with Crippen LogP contribution in [0.25, 0.3) is 11.3 Å². The number of aryl methyl sites for hydroxylation is 2. The monoisotopic (exact) mass is 489 g/mol. The van der Waals surface area contributed by atoms with E-state index < -0.39 is 6.04 Å². The van der Waals surface area contributed by atoms with Crippen LogP contribution in [-0.2, 0) is 6.54 Å². The van der Waals surface area contributed by atoms with Crippen LogP contribution < -0.4 is 4.74 Å². The van der Waals surface area contributed by atoms with E-state index in [1.807, 2.05) is 38.1 Å². The van der Waals surface area contributed by atoms with Crippen molar-refractivity contribution in [3.63, 3.8) is 0 Å². The number of benzene rings is 3. The van der Waals surface area contributed by atoms with Crippen LogP contribution in [0.2, 0.25) is 5.02 Å². The van der Waals surface area contributed by atoms with E-state index in [1.54, 1.807) is 35.2 Å². The number of fused-ring (bicyclic) bond motifs is 1. The Morgan fingerprint density at radius 3 is 2.57 bits per heavy atom. The molecule has 2 heterocycles. The molecule has 35 heavy (non-hydrogen) atoms. The Kier molecular flexibility index (Phi) is 5.65. The number of phenolic OH excluding ortho intramolecular Hbond substituents is 2. The third-order valence-electron chi connectivity index (χ3n) is 6.38. The van der Waals surface area contributed by atoms with Crippen LogP contribution in [-0.4, -0.2) is 38.3 Å². The number of halogens is 1. The van der Waals surface area contributed by atoms with Crippen LogP contribution in [0.4, 0.5) is 0 Å². The Hall–Kier alpha value is -3.97. The number of rotatable bonds is 5. The van der Waals surface area contributed by atoms with Crippen molar-refractivity contribution in [1.29, 1.82) is 0 Å². The molecule has 0 bridgehead atoms. The maximum absolute atomic E-state index is 13.7. The summed E-state index contributed by atoms with van der Waals surface area (Å²) in [4.78, 5) is 15.4. The Morgan fingerprint density at radius 2 is 1.86 bits per heavy atom. The first kappa shape index (κ1) is 22.8. The second-order valence-electron chi connectivity index (χ2n) is 8.70. The molecule has 0 saturated carbocycles. The maximum Gasteiger partial charge on any atom is 0.273 e. The number of ether oxygens (including phenoxy) is 1. The second-order valence-corrected chi connectivity index (χ2v) is 9.10. The van der Waals surface area contributed by atoms with E-state index in [4.69, 9.17) is 16.3 Å². The molecule has 178 valence electrons. The molecule has 1 aliphatic rings. The van der Waals surface area contributed by atoms with Gasteiger partial charge < -0.3 is 19.8 Å². The smallest absolute Gasteiger partial charge is 0.273 e. The van der Waals surface area contributed by atoms with Crippen LogP contribution in [0, 0.1) is 13.8 Å². The van der Waals surface area contributed by atoms with Crippen molar-refractivity contribution in [1.82, 2.24) is 15.1 Å². The van der Waals surface area contributed by atoms with Crippen molar-refractivity contribution in [3.05, 3.63) is 93.1 Å². The number of H-pyrrole nitrogens is 1. The van der Waals surface area contributed by atoms with Gasteiger partial charge in [0.25, 0.3) is 5.91 Å². The van der Waals surface area contributed by atoms with Gasteiger partial charge in [-0.1, -0.05) is 41.9 Å². The Labute approximate surface area is 207 Å². The molecule has 1 amide bonds. The van der Waals surface area contributed by atoms with Crippen molar-refractivity contribution in [2.24, 2.45) is 0 Å². The summed E-state index contributed by atoms with van der Waals surface area (Å²) in [7, 11) is 1.47. The predicted molar refractivity (Wildman–Crippen MR) is 133 cm³/mol. The van der Waals surface area contributed by atoms with Crippen LogP contribution in [0.1, 0.15) is 44.3 Å². The number of carbonyl (C=O) groups is 1. The van der Waals surface area contributed by atoms with Crippen LogP contribution in [0.5, 0.6) is 17.2 Å². The molecule has 1 unspecified atom stereocenters. The molecule has 1 atom stereocenters. The van der Waals surface area contributed by atoms with Crippen molar-refractivity contribution < 1.29 is 19.7 Å². The van der Waals surface area contributed by atoms with E-state index in [9.17, 15) is 15.0 Å². The van der Waals surface area contributed by atoms with Gasteiger partial charge >= 0.3 is 0 Å². The number of aromatic hydroxyl groups is 2. The molecule has 0 saturated heterocycles. The van der Waals surface area contributed by atoms with Gasteiger partial charge in [0.1, 0.15) is 17.1 Å². The first-order valence-corrected chi connectivity index (χ1v) is 11.5. The lowest BCUT2D eigenvalue weighted by Crippen LogP contribution is -2.29. The fourth-order valence-corrected chi connectivity index (χ4v) is 5.02. The molecule has 0 aliphatic carbocycles. The summed E-state index contributed by atoms with van der Waals surface area (Å²) in [6.07, 6.45) is 0. The van der Waals surface area contributed by atoms with E-state index in [2.05, 4.69) is 10.2 Å². The molecule has 1 aliphatic heterocycles. The maximum atomic E-state index is 13.7. The number of methoxy groups -OCH3 is 1. The topological polar surface area (TPSA) is 98.7 Å². The summed E-state index contributed by atoms with van der Waals surface area (Å²) < 4.78 is 5.34. The van der Waals surface area contributed by atoms with Gasteiger partial charge in [-0.15, -0.1) is 0 Å². The molecule has 7 nitrogen and oxygen atoms in total. The molecular weight excluding hydrogens is 466 g/mol. The van der Waals surface area contributed by atoms with Gasteiger partial charge in [0, 0.05) is 22.7 Å². The van der Waals surface area contributed by atoms with Gasteiger partial charge in [-0.05, 0) is 60.4 Å². The SMILES string of the molecule is COc1cc(C2c3c(-c4c(C)cc(C)cc4O)n[nH]c3C(=O)N2Cc2ccccc2Cl)ccc1O. The minimum absolute atomic E-state index is 0.00195. The molecular formula is C27H24ClN3O4. The van der Waals surface area contributed by atoms with Crippen molar-refractivity contribution in [2.75, 3.05) is 7.11 Å². The summed E-state index contributed by atoms with van der Waals surface area (Å²) >= 11 is 6.44. The van der Waals surface area contributed by atoms with E-state index in [0.717, 1.165) is 22.3 Å². The molecule has 4 aromatic rings. The highest BCUT2D eigenvalue weighted by Gasteiger charge is 2.43. The number of nitrogens with one attached hydrogen (secondary N) is 1. The highest BCUT2D eigenvalue weighted by Crippen LogP contribution is 2.47. The molecule has 1 aromatic heterocycles. The zero-order valence-corrected chi connectivity index (χ0v) is 20.2. The number of aromatic amines is 1. The van der Waals surface area contributed by atoms with Gasteiger partial charge in [0.15, 0.2) is 11.5 Å². The van der Waals surface area contributed by atoms with E-state index in [1.165, 1.54) is 7.11 Å². The quantitative estimate of drug-likeness (QED) is 0.343. The lowest BCUT2D eigenvalue weighted by atomic mass is 9.93. The zero-order valence-electron chi connectivity index (χ0n) is 19.5. The summed E-state index contributed by atoms with van der Waals surface area (Å²) in [5, 5.41) is 28.9. The molecule has 3 aromatic carbocycles. The first-order valence-electron chi connectivity index (χ1n) is 11.1. The number of amides is 1. The third kappa shape index (κ3) is 3.78. The zero-order chi connectivity index (χ0) is 24.9. The molecule has 0 radical (unpaired) electrons. The number of nitrogens with zero attached hydrogens (tertiary/aromatic N) is 2. The van der Waals surface area contributed by atoms with Crippen LogP contribution >= 0.6 is 11.6 Å². The molecule has 3 N–H and O–H groups in total. The average Bonchev–Trinajstić information content (AvgIpc) is 3.34. The summed E-state index contributed by atoms with van der Waals surface area (Å²) in [5.41, 5.74) is 5.36. The molecule has 0 spiro atoms.